The van der Waals surface area contributed by atoms with Crippen LogP contribution in [0.4, 0.5) is 5.69 Å². The van der Waals surface area contributed by atoms with Gasteiger partial charge in [-0.05, 0) is 44.2 Å². The van der Waals surface area contributed by atoms with E-state index >= 15 is 0 Å². The van der Waals surface area contributed by atoms with E-state index in [-0.39, 0.29) is 29.6 Å². The molecule has 6 nitrogen and oxygen atoms in total. The highest BCUT2D eigenvalue weighted by atomic mass is 35.5. The molecule has 2 atom stereocenters. The molecule has 0 N–H and O–H groups in total. The number of sulfonamides is 1. The minimum atomic E-state index is -3.96. The predicted octanol–water partition coefficient (Wildman–Crippen LogP) is 3.97. The lowest BCUT2D eigenvalue weighted by molar-refractivity contribution is -0.0586. The maximum atomic E-state index is 13.4. The lowest BCUT2D eigenvalue weighted by atomic mass is 10.1. The number of amides is 1. The molecule has 2 aromatic carbocycles. The number of rotatable bonds is 6. The Bertz CT molecular complexity index is 1030. The molecule has 0 bridgehead atoms. The number of hydrogen-bond acceptors (Lipinski definition) is 4. The Morgan fingerprint density at radius 1 is 1.20 bits per heavy atom. The predicted molar refractivity (Wildman–Crippen MR) is 119 cm³/mol. The quantitative estimate of drug-likeness (QED) is 0.627. The van der Waals surface area contributed by atoms with E-state index in [1.807, 2.05) is 13.8 Å². The molecule has 0 aliphatic carbocycles. The van der Waals surface area contributed by atoms with Gasteiger partial charge in [-0.1, -0.05) is 35.9 Å². The third-order valence-electron chi connectivity index (χ3n) is 4.79. The van der Waals surface area contributed by atoms with Crippen LogP contribution in [0.2, 0.25) is 5.02 Å². The maximum Gasteiger partial charge on any atom is 0.264 e. The third kappa shape index (κ3) is 4.69. The molecule has 1 fully saturated rings. The molecule has 30 heavy (non-hydrogen) atoms. The number of anilines is 1. The van der Waals surface area contributed by atoms with E-state index in [0.29, 0.717) is 29.4 Å². The number of halogens is 1. The number of morpholine rings is 1. The molecule has 0 radical (unpaired) electrons. The highest BCUT2D eigenvalue weighted by molar-refractivity contribution is 7.92. The first-order chi connectivity index (χ1) is 14.2. The first kappa shape index (κ1) is 22.3. The summed E-state index contributed by atoms with van der Waals surface area (Å²) in [6, 6.07) is 12.8. The number of nitrogens with zero attached hydrogens (tertiary/aromatic N) is 2. The Balaban J connectivity index is 1.96. The Labute approximate surface area is 182 Å². The van der Waals surface area contributed by atoms with Crippen LogP contribution in [0.25, 0.3) is 0 Å². The molecule has 1 saturated heterocycles. The molecule has 2 unspecified atom stereocenters. The van der Waals surface area contributed by atoms with E-state index in [1.165, 1.54) is 22.5 Å². The number of para-hydroxylation sites is 1. The lowest BCUT2D eigenvalue weighted by Crippen LogP contribution is -2.48. The van der Waals surface area contributed by atoms with Crippen molar-refractivity contribution in [3.63, 3.8) is 0 Å². The van der Waals surface area contributed by atoms with Gasteiger partial charge in [0, 0.05) is 18.7 Å². The fraction of sp³-hybridized carbons (Fsp3) is 0.318. The summed E-state index contributed by atoms with van der Waals surface area (Å²) in [5.74, 6) is -0.220. The molecule has 8 heteroatoms. The highest BCUT2D eigenvalue weighted by Crippen LogP contribution is 2.30. The second-order valence-electron chi connectivity index (χ2n) is 7.27. The number of hydrogen-bond donors (Lipinski definition) is 0. The topological polar surface area (TPSA) is 66.9 Å². The first-order valence-corrected chi connectivity index (χ1v) is 11.5. The van der Waals surface area contributed by atoms with Gasteiger partial charge in [0.15, 0.2) is 0 Å². The standard InChI is InChI=1S/C22H25ClN2O4S/c1-4-12-25(21-11-6-5-10-20(21)23)30(27,28)19-9-7-8-18(13-19)22(26)24-14-16(2)29-17(3)15-24/h4-11,13,16-17H,1,12,14-15H2,2-3H3. The zero-order valence-electron chi connectivity index (χ0n) is 17.0. The van der Waals surface area contributed by atoms with Crippen molar-refractivity contribution in [2.24, 2.45) is 0 Å². The van der Waals surface area contributed by atoms with Crippen LogP contribution >= 0.6 is 11.6 Å². The van der Waals surface area contributed by atoms with Crippen molar-refractivity contribution >= 4 is 33.2 Å². The largest absolute Gasteiger partial charge is 0.372 e. The van der Waals surface area contributed by atoms with E-state index in [0.717, 1.165) is 0 Å². The van der Waals surface area contributed by atoms with Crippen LogP contribution in [-0.4, -0.2) is 51.1 Å². The summed E-state index contributed by atoms with van der Waals surface area (Å²) in [4.78, 5) is 14.7. The molecule has 0 aromatic heterocycles. The summed E-state index contributed by atoms with van der Waals surface area (Å²) in [5, 5.41) is 0.312. The molecule has 2 aromatic rings. The molecular weight excluding hydrogens is 424 g/mol. The SMILES string of the molecule is C=CCN(c1ccccc1Cl)S(=O)(=O)c1cccc(C(=O)N2CC(C)OC(C)C2)c1. The van der Waals surface area contributed by atoms with Crippen molar-refractivity contribution in [2.45, 2.75) is 31.0 Å². The number of ether oxygens (including phenoxy) is 1. The minimum absolute atomic E-state index is 0.0180. The van der Waals surface area contributed by atoms with Crippen LogP contribution in [0.15, 0.2) is 66.1 Å². The van der Waals surface area contributed by atoms with Gasteiger partial charge in [-0.25, -0.2) is 8.42 Å². The molecular formula is C22H25ClN2O4S. The average Bonchev–Trinajstić information content (AvgIpc) is 2.71. The monoisotopic (exact) mass is 448 g/mol. The Morgan fingerprint density at radius 2 is 1.87 bits per heavy atom. The van der Waals surface area contributed by atoms with E-state index in [1.54, 1.807) is 41.3 Å². The lowest BCUT2D eigenvalue weighted by Gasteiger charge is -2.35. The summed E-state index contributed by atoms with van der Waals surface area (Å²) in [6.07, 6.45) is 1.34. The van der Waals surface area contributed by atoms with Gasteiger partial charge in [-0.3, -0.25) is 9.10 Å². The van der Waals surface area contributed by atoms with Gasteiger partial charge < -0.3 is 9.64 Å². The van der Waals surface area contributed by atoms with E-state index < -0.39 is 10.0 Å². The summed E-state index contributed by atoms with van der Waals surface area (Å²) in [5.41, 5.74) is 0.668. The van der Waals surface area contributed by atoms with Gasteiger partial charge in [0.2, 0.25) is 0 Å². The molecule has 0 saturated carbocycles. The fourth-order valence-electron chi connectivity index (χ4n) is 3.54. The van der Waals surface area contributed by atoms with Crippen molar-refractivity contribution in [1.29, 1.82) is 0 Å². The maximum absolute atomic E-state index is 13.4. The molecule has 1 aliphatic heterocycles. The highest BCUT2D eigenvalue weighted by Gasteiger charge is 2.29. The zero-order chi connectivity index (χ0) is 21.9. The molecule has 1 amide bonds. The number of carbonyl (C=O) groups excluding carboxylic acids is 1. The fourth-order valence-corrected chi connectivity index (χ4v) is 5.33. The smallest absolute Gasteiger partial charge is 0.264 e. The van der Waals surface area contributed by atoms with Gasteiger partial charge >= 0.3 is 0 Å². The Morgan fingerprint density at radius 3 is 2.50 bits per heavy atom. The van der Waals surface area contributed by atoms with Crippen molar-refractivity contribution in [3.05, 3.63) is 71.8 Å². The zero-order valence-corrected chi connectivity index (χ0v) is 18.6. The minimum Gasteiger partial charge on any atom is -0.372 e. The average molecular weight is 449 g/mol. The van der Waals surface area contributed by atoms with Crippen LogP contribution in [0.3, 0.4) is 0 Å². The number of carbonyl (C=O) groups is 1. The van der Waals surface area contributed by atoms with Crippen molar-refractivity contribution in [3.8, 4) is 0 Å². The summed E-state index contributed by atoms with van der Waals surface area (Å²) >= 11 is 6.25. The van der Waals surface area contributed by atoms with E-state index in [2.05, 4.69) is 6.58 Å². The molecule has 0 spiro atoms. The van der Waals surface area contributed by atoms with Gasteiger partial charge in [-0.15, -0.1) is 6.58 Å². The molecule has 160 valence electrons. The van der Waals surface area contributed by atoms with Crippen LogP contribution in [-0.2, 0) is 14.8 Å². The summed E-state index contributed by atoms with van der Waals surface area (Å²) in [6.45, 7) is 8.45. The second-order valence-corrected chi connectivity index (χ2v) is 9.54. The Hall–Kier alpha value is -2.35. The van der Waals surface area contributed by atoms with Gasteiger partial charge in [0.25, 0.3) is 15.9 Å². The summed E-state index contributed by atoms with van der Waals surface area (Å²) < 4.78 is 33.7. The van der Waals surface area contributed by atoms with Crippen LogP contribution in [0.1, 0.15) is 24.2 Å². The number of benzene rings is 2. The van der Waals surface area contributed by atoms with Gasteiger partial charge in [0.05, 0.1) is 34.4 Å². The summed E-state index contributed by atoms with van der Waals surface area (Å²) in [7, 11) is -3.96. The second kappa shape index (κ2) is 9.20. The van der Waals surface area contributed by atoms with Crippen molar-refractivity contribution < 1.29 is 17.9 Å². The van der Waals surface area contributed by atoms with Crippen LogP contribution < -0.4 is 4.31 Å². The van der Waals surface area contributed by atoms with Gasteiger partial charge in [0.1, 0.15) is 0 Å². The molecule has 1 aliphatic rings. The van der Waals surface area contributed by atoms with Crippen LogP contribution in [0.5, 0.6) is 0 Å². The first-order valence-electron chi connectivity index (χ1n) is 9.67. The van der Waals surface area contributed by atoms with Gasteiger partial charge in [-0.2, -0.15) is 0 Å². The third-order valence-corrected chi connectivity index (χ3v) is 6.89. The Kier molecular flexibility index (Phi) is 6.85. The van der Waals surface area contributed by atoms with Crippen LogP contribution in [0, 0.1) is 0 Å². The normalized spacial score (nSPS) is 19.4. The molecule has 1 heterocycles. The van der Waals surface area contributed by atoms with Crippen molar-refractivity contribution in [1.82, 2.24) is 4.90 Å². The van der Waals surface area contributed by atoms with Crippen molar-refractivity contribution in [2.75, 3.05) is 23.9 Å². The van der Waals surface area contributed by atoms with E-state index in [4.69, 9.17) is 16.3 Å². The van der Waals surface area contributed by atoms with E-state index in [9.17, 15) is 13.2 Å². The molecule has 3 rings (SSSR count).